The van der Waals surface area contributed by atoms with Crippen LogP contribution in [0.1, 0.15) is 42.1 Å². The standard InChI is InChI=1S/C17H21N3O2/c1-19(2)17(22)12-10-20(11-6-3-4-7-11)14-9-5-8-13(18)15(14)16(12)21/h5,8-11H,3-4,6-7,18H2,1-2H3. The van der Waals surface area contributed by atoms with Crippen molar-refractivity contribution in [3.05, 3.63) is 40.2 Å². The maximum Gasteiger partial charge on any atom is 0.258 e. The van der Waals surface area contributed by atoms with E-state index in [2.05, 4.69) is 4.57 Å². The average Bonchev–Trinajstić information content (AvgIpc) is 3.01. The molecule has 116 valence electrons. The molecule has 1 aromatic carbocycles. The van der Waals surface area contributed by atoms with Crippen LogP contribution in [0.4, 0.5) is 5.69 Å². The monoisotopic (exact) mass is 299 g/mol. The van der Waals surface area contributed by atoms with Gasteiger partial charge in [-0.15, -0.1) is 0 Å². The Hall–Kier alpha value is -2.30. The summed E-state index contributed by atoms with van der Waals surface area (Å²) in [6.07, 6.45) is 6.22. The maximum absolute atomic E-state index is 12.7. The molecule has 0 bridgehead atoms. The van der Waals surface area contributed by atoms with E-state index in [-0.39, 0.29) is 16.9 Å². The van der Waals surface area contributed by atoms with Gasteiger partial charge in [-0.25, -0.2) is 0 Å². The van der Waals surface area contributed by atoms with Gasteiger partial charge in [0.1, 0.15) is 5.56 Å². The Morgan fingerprint density at radius 3 is 2.59 bits per heavy atom. The van der Waals surface area contributed by atoms with Gasteiger partial charge in [0.15, 0.2) is 0 Å². The summed E-state index contributed by atoms with van der Waals surface area (Å²) in [4.78, 5) is 26.5. The van der Waals surface area contributed by atoms with E-state index in [1.807, 2.05) is 12.1 Å². The van der Waals surface area contributed by atoms with Gasteiger partial charge in [-0.3, -0.25) is 9.59 Å². The summed E-state index contributed by atoms with van der Waals surface area (Å²) in [5.74, 6) is -0.276. The molecule has 0 unspecified atom stereocenters. The van der Waals surface area contributed by atoms with Gasteiger partial charge in [-0.05, 0) is 25.0 Å². The van der Waals surface area contributed by atoms with Gasteiger partial charge >= 0.3 is 0 Å². The minimum atomic E-state index is -0.277. The smallest absolute Gasteiger partial charge is 0.258 e. The Kier molecular flexibility index (Phi) is 3.64. The second-order valence-electron chi connectivity index (χ2n) is 6.16. The third-order valence-electron chi connectivity index (χ3n) is 4.45. The minimum absolute atomic E-state index is 0.197. The predicted molar refractivity (Wildman–Crippen MR) is 88.1 cm³/mol. The van der Waals surface area contributed by atoms with Crippen LogP contribution in [-0.4, -0.2) is 29.5 Å². The highest BCUT2D eigenvalue weighted by atomic mass is 16.2. The molecule has 2 aromatic rings. The van der Waals surface area contributed by atoms with Crippen LogP contribution >= 0.6 is 0 Å². The summed E-state index contributed by atoms with van der Waals surface area (Å²) in [7, 11) is 3.31. The number of rotatable bonds is 2. The first kappa shape index (κ1) is 14.6. The summed E-state index contributed by atoms with van der Waals surface area (Å²) < 4.78 is 2.08. The number of nitrogens with two attached hydrogens (primary N) is 1. The number of nitrogen functional groups attached to an aromatic ring is 1. The number of aromatic nitrogens is 1. The number of carbonyl (C=O) groups excluding carboxylic acids is 1. The van der Waals surface area contributed by atoms with Crippen LogP contribution in [0.2, 0.25) is 0 Å². The second kappa shape index (κ2) is 5.48. The van der Waals surface area contributed by atoms with Crippen molar-refractivity contribution >= 4 is 22.5 Å². The van der Waals surface area contributed by atoms with E-state index in [1.165, 1.54) is 17.7 Å². The molecule has 0 aliphatic heterocycles. The molecule has 1 heterocycles. The van der Waals surface area contributed by atoms with Crippen molar-refractivity contribution < 1.29 is 4.79 Å². The summed E-state index contributed by atoms with van der Waals surface area (Å²) in [5, 5.41) is 0.460. The Labute approximate surface area is 129 Å². The van der Waals surface area contributed by atoms with Crippen molar-refractivity contribution in [2.45, 2.75) is 31.7 Å². The molecule has 0 saturated heterocycles. The zero-order valence-corrected chi connectivity index (χ0v) is 13.0. The second-order valence-corrected chi connectivity index (χ2v) is 6.16. The molecule has 1 aromatic heterocycles. The molecular formula is C17H21N3O2. The number of carbonyl (C=O) groups is 1. The van der Waals surface area contributed by atoms with Gasteiger partial charge in [0.25, 0.3) is 5.91 Å². The van der Waals surface area contributed by atoms with E-state index in [0.29, 0.717) is 17.1 Å². The molecule has 2 N–H and O–H groups in total. The highest BCUT2D eigenvalue weighted by Gasteiger charge is 2.23. The van der Waals surface area contributed by atoms with Gasteiger partial charge in [0, 0.05) is 32.0 Å². The molecule has 5 heteroatoms. The average molecular weight is 299 g/mol. The van der Waals surface area contributed by atoms with Crippen LogP contribution in [0.15, 0.2) is 29.2 Å². The first-order valence-electron chi connectivity index (χ1n) is 7.65. The Balaban J connectivity index is 2.34. The molecular weight excluding hydrogens is 278 g/mol. The molecule has 5 nitrogen and oxygen atoms in total. The van der Waals surface area contributed by atoms with Crippen molar-refractivity contribution in [2.75, 3.05) is 19.8 Å². The lowest BCUT2D eigenvalue weighted by Gasteiger charge is -2.20. The van der Waals surface area contributed by atoms with Gasteiger partial charge in [0.05, 0.1) is 10.9 Å². The molecule has 0 radical (unpaired) electrons. The summed E-state index contributed by atoms with van der Waals surface area (Å²) >= 11 is 0. The molecule has 1 amide bonds. The van der Waals surface area contributed by atoms with E-state index in [4.69, 9.17) is 5.73 Å². The number of pyridine rings is 1. The lowest BCUT2D eigenvalue weighted by Crippen LogP contribution is -2.29. The summed E-state index contributed by atoms with van der Waals surface area (Å²) in [6, 6.07) is 5.82. The number of hydrogen-bond acceptors (Lipinski definition) is 3. The van der Waals surface area contributed by atoms with Crippen molar-refractivity contribution in [1.82, 2.24) is 9.47 Å². The van der Waals surface area contributed by atoms with Crippen molar-refractivity contribution in [2.24, 2.45) is 0 Å². The zero-order chi connectivity index (χ0) is 15.9. The maximum atomic E-state index is 12.7. The molecule has 0 spiro atoms. The van der Waals surface area contributed by atoms with Crippen molar-refractivity contribution in [3.8, 4) is 0 Å². The highest BCUT2D eigenvalue weighted by molar-refractivity contribution is 6.00. The van der Waals surface area contributed by atoms with E-state index < -0.39 is 0 Å². The molecule has 0 atom stereocenters. The quantitative estimate of drug-likeness (QED) is 0.866. The molecule has 1 aliphatic rings. The first-order valence-corrected chi connectivity index (χ1v) is 7.65. The van der Waals surface area contributed by atoms with E-state index in [9.17, 15) is 9.59 Å². The van der Waals surface area contributed by atoms with Crippen LogP contribution in [0.3, 0.4) is 0 Å². The highest BCUT2D eigenvalue weighted by Crippen LogP contribution is 2.32. The fourth-order valence-corrected chi connectivity index (χ4v) is 3.30. The number of fused-ring (bicyclic) bond motifs is 1. The zero-order valence-electron chi connectivity index (χ0n) is 13.0. The summed E-state index contributed by atoms with van der Waals surface area (Å²) in [5.41, 5.74) is 7.21. The molecule has 3 rings (SSSR count). The van der Waals surface area contributed by atoms with Crippen LogP contribution in [0, 0.1) is 0 Å². The minimum Gasteiger partial charge on any atom is -0.398 e. The molecule has 1 saturated carbocycles. The van der Waals surface area contributed by atoms with Crippen molar-refractivity contribution in [1.29, 1.82) is 0 Å². The molecule has 22 heavy (non-hydrogen) atoms. The number of anilines is 1. The van der Waals surface area contributed by atoms with Gasteiger partial charge in [-0.1, -0.05) is 18.9 Å². The van der Waals surface area contributed by atoms with E-state index in [0.717, 1.165) is 18.4 Å². The summed E-state index contributed by atoms with van der Waals surface area (Å²) in [6.45, 7) is 0. The topological polar surface area (TPSA) is 68.3 Å². The SMILES string of the molecule is CN(C)C(=O)c1cn(C2CCCC2)c2cccc(N)c2c1=O. The van der Waals surface area contributed by atoms with Crippen LogP contribution < -0.4 is 11.2 Å². The van der Waals surface area contributed by atoms with Crippen molar-refractivity contribution in [3.63, 3.8) is 0 Å². The Morgan fingerprint density at radius 2 is 1.95 bits per heavy atom. The van der Waals surface area contributed by atoms with Crippen LogP contribution in [0.25, 0.3) is 10.9 Å². The van der Waals surface area contributed by atoms with Gasteiger partial charge in [-0.2, -0.15) is 0 Å². The predicted octanol–water partition coefficient (Wildman–Crippen LogP) is 2.40. The number of benzene rings is 1. The first-order chi connectivity index (χ1) is 10.5. The molecule has 1 aliphatic carbocycles. The Bertz CT molecular complexity index is 786. The number of hydrogen-bond donors (Lipinski definition) is 1. The normalized spacial score (nSPS) is 15.4. The molecule has 1 fully saturated rings. The number of amides is 1. The fraction of sp³-hybridized carbons (Fsp3) is 0.412. The van der Waals surface area contributed by atoms with Crippen LogP contribution in [0.5, 0.6) is 0 Å². The third kappa shape index (κ3) is 2.26. The van der Waals surface area contributed by atoms with E-state index in [1.54, 1.807) is 26.4 Å². The third-order valence-corrected chi connectivity index (χ3v) is 4.45. The lowest BCUT2D eigenvalue weighted by molar-refractivity contribution is 0.0825. The lowest BCUT2D eigenvalue weighted by atomic mass is 10.1. The van der Waals surface area contributed by atoms with Gasteiger partial charge < -0.3 is 15.2 Å². The van der Waals surface area contributed by atoms with Crippen LogP contribution in [-0.2, 0) is 0 Å². The fourth-order valence-electron chi connectivity index (χ4n) is 3.30. The van der Waals surface area contributed by atoms with E-state index >= 15 is 0 Å². The van der Waals surface area contributed by atoms with Gasteiger partial charge in [0.2, 0.25) is 5.43 Å². The largest absolute Gasteiger partial charge is 0.398 e. The number of nitrogens with zero attached hydrogens (tertiary/aromatic N) is 2. The Morgan fingerprint density at radius 1 is 1.27 bits per heavy atom.